The predicted molar refractivity (Wildman–Crippen MR) is 71.2 cm³/mol. The lowest BCUT2D eigenvalue weighted by Gasteiger charge is -2.05. The van der Waals surface area contributed by atoms with Crippen molar-refractivity contribution >= 4 is 0 Å². The molecule has 97 valence electrons. The highest BCUT2D eigenvalue weighted by Gasteiger charge is 1.99. The van der Waals surface area contributed by atoms with Gasteiger partial charge in [0.25, 0.3) is 0 Å². The maximum atomic E-state index is 10.5. The summed E-state index contributed by atoms with van der Waals surface area (Å²) >= 11 is 0. The van der Waals surface area contributed by atoms with E-state index in [1.165, 1.54) is 64.2 Å². The van der Waals surface area contributed by atoms with Gasteiger partial charge in [-0.1, -0.05) is 78.1 Å². The third-order valence-electron chi connectivity index (χ3n) is 3.33. The van der Waals surface area contributed by atoms with Crippen molar-refractivity contribution in [2.24, 2.45) is 5.92 Å². The maximum absolute atomic E-state index is 10.5. The average Bonchev–Trinajstić information content (AvgIpc) is 2.31. The molecule has 0 bridgehead atoms. The zero-order chi connectivity index (χ0) is 12.1. The molecular formula is C15H31O. The molecule has 1 unspecified atom stereocenters. The summed E-state index contributed by atoms with van der Waals surface area (Å²) in [6.07, 6.45) is 15.0. The fourth-order valence-corrected chi connectivity index (χ4v) is 2.06. The zero-order valence-corrected chi connectivity index (χ0v) is 11.5. The summed E-state index contributed by atoms with van der Waals surface area (Å²) < 4.78 is 0. The smallest absolute Gasteiger partial charge is 0.0847 e. The molecule has 1 radical (unpaired) electrons. The molecule has 0 aromatic rings. The second-order valence-electron chi connectivity index (χ2n) is 5.24. The van der Waals surface area contributed by atoms with Gasteiger partial charge in [-0.15, -0.1) is 0 Å². The molecule has 0 saturated carbocycles. The van der Waals surface area contributed by atoms with Gasteiger partial charge < -0.3 is 0 Å². The van der Waals surface area contributed by atoms with Crippen LogP contribution in [-0.4, -0.2) is 6.61 Å². The Morgan fingerprint density at radius 2 is 1.19 bits per heavy atom. The first-order chi connectivity index (χ1) is 7.81. The number of unbranched alkanes of at least 4 members (excludes halogenated alkanes) is 9. The molecule has 0 aliphatic heterocycles. The summed E-state index contributed by atoms with van der Waals surface area (Å²) in [6, 6.07) is 0. The minimum absolute atomic E-state index is 0.109. The highest BCUT2D eigenvalue weighted by Crippen LogP contribution is 2.13. The molecule has 16 heavy (non-hydrogen) atoms. The Bertz CT molecular complexity index is 123. The van der Waals surface area contributed by atoms with E-state index in [9.17, 15) is 5.11 Å². The number of rotatable bonds is 12. The highest BCUT2D eigenvalue weighted by molar-refractivity contribution is 4.52. The van der Waals surface area contributed by atoms with Crippen LogP contribution in [0.3, 0.4) is 0 Å². The molecule has 0 N–H and O–H groups in total. The molecule has 0 aliphatic rings. The van der Waals surface area contributed by atoms with E-state index in [0.29, 0.717) is 5.92 Å². The van der Waals surface area contributed by atoms with Crippen molar-refractivity contribution < 1.29 is 5.11 Å². The van der Waals surface area contributed by atoms with Crippen LogP contribution in [0.2, 0.25) is 0 Å². The summed E-state index contributed by atoms with van der Waals surface area (Å²) in [7, 11) is 0. The molecule has 1 atom stereocenters. The van der Waals surface area contributed by atoms with E-state index in [1.807, 2.05) is 0 Å². The first-order valence-corrected chi connectivity index (χ1v) is 7.39. The van der Waals surface area contributed by atoms with Gasteiger partial charge in [-0.3, -0.25) is 0 Å². The van der Waals surface area contributed by atoms with E-state index in [2.05, 4.69) is 13.8 Å². The van der Waals surface area contributed by atoms with Crippen LogP contribution in [-0.2, 0) is 5.11 Å². The summed E-state index contributed by atoms with van der Waals surface area (Å²) in [6.45, 7) is 4.45. The molecule has 1 heteroatoms. The van der Waals surface area contributed by atoms with Gasteiger partial charge >= 0.3 is 0 Å². The quantitative estimate of drug-likeness (QED) is 0.400. The maximum Gasteiger partial charge on any atom is 0.0847 e. The van der Waals surface area contributed by atoms with Crippen LogP contribution in [0.15, 0.2) is 0 Å². The van der Waals surface area contributed by atoms with Crippen LogP contribution in [0.1, 0.15) is 84.5 Å². The molecule has 0 aromatic carbocycles. The van der Waals surface area contributed by atoms with E-state index in [4.69, 9.17) is 0 Å². The SMILES string of the molecule is CCCCCCCCCCCCC(C)C[O]. The molecule has 0 aromatic heterocycles. The van der Waals surface area contributed by atoms with Gasteiger partial charge in [0.1, 0.15) is 0 Å². The summed E-state index contributed by atoms with van der Waals surface area (Å²) in [4.78, 5) is 0. The molecule has 0 aliphatic carbocycles. The fraction of sp³-hybridized carbons (Fsp3) is 1.00. The molecule has 0 spiro atoms. The van der Waals surface area contributed by atoms with Crippen molar-refractivity contribution in [3.63, 3.8) is 0 Å². The Morgan fingerprint density at radius 3 is 1.62 bits per heavy atom. The Morgan fingerprint density at radius 1 is 0.750 bits per heavy atom. The Labute approximate surface area is 103 Å². The van der Waals surface area contributed by atoms with E-state index in [1.54, 1.807) is 0 Å². The van der Waals surface area contributed by atoms with Crippen molar-refractivity contribution in [3.05, 3.63) is 0 Å². The number of hydrogen-bond acceptors (Lipinski definition) is 0. The van der Waals surface area contributed by atoms with Gasteiger partial charge in [0, 0.05) is 0 Å². The van der Waals surface area contributed by atoms with E-state index >= 15 is 0 Å². The lowest BCUT2D eigenvalue weighted by atomic mass is 10.0. The fourth-order valence-electron chi connectivity index (χ4n) is 2.06. The summed E-state index contributed by atoms with van der Waals surface area (Å²) in [5, 5.41) is 10.5. The molecule has 0 rings (SSSR count). The van der Waals surface area contributed by atoms with Gasteiger partial charge in [0.05, 0.1) is 6.61 Å². The minimum atomic E-state index is 0.109. The van der Waals surface area contributed by atoms with Gasteiger partial charge in [-0.25, -0.2) is 5.11 Å². The first kappa shape index (κ1) is 16.0. The standard InChI is InChI=1S/C15H31O/c1-3-4-5-6-7-8-9-10-11-12-13-15(2)14-16/h15H,3-14H2,1-2H3. The third-order valence-corrected chi connectivity index (χ3v) is 3.33. The molecule has 0 fully saturated rings. The van der Waals surface area contributed by atoms with Gasteiger partial charge in [-0.05, 0) is 12.3 Å². The molecular weight excluding hydrogens is 196 g/mol. The average molecular weight is 227 g/mol. The van der Waals surface area contributed by atoms with Crippen LogP contribution >= 0.6 is 0 Å². The lowest BCUT2D eigenvalue weighted by Crippen LogP contribution is -1.98. The van der Waals surface area contributed by atoms with Crippen LogP contribution in [0.4, 0.5) is 0 Å². The third kappa shape index (κ3) is 12.0. The van der Waals surface area contributed by atoms with Crippen LogP contribution in [0, 0.1) is 5.92 Å². The second kappa shape index (κ2) is 13.0. The molecule has 0 saturated heterocycles. The topological polar surface area (TPSA) is 19.9 Å². The van der Waals surface area contributed by atoms with Crippen molar-refractivity contribution in [2.45, 2.75) is 84.5 Å². The van der Waals surface area contributed by atoms with Crippen molar-refractivity contribution in [2.75, 3.05) is 6.61 Å². The van der Waals surface area contributed by atoms with Crippen molar-refractivity contribution in [3.8, 4) is 0 Å². The van der Waals surface area contributed by atoms with Crippen molar-refractivity contribution in [1.29, 1.82) is 0 Å². The van der Waals surface area contributed by atoms with Gasteiger partial charge in [-0.2, -0.15) is 0 Å². The molecule has 0 amide bonds. The van der Waals surface area contributed by atoms with Crippen molar-refractivity contribution in [1.82, 2.24) is 0 Å². The second-order valence-corrected chi connectivity index (χ2v) is 5.24. The monoisotopic (exact) mass is 227 g/mol. The first-order valence-electron chi connectivity index (χ1n) is 7.39. The van der Waals surface area contributed by atoms with Crippen LogP contribution < -0.4 is 0 Å². The minimum Gasteiger partial charge on any atom is -0.236 e. The van der Waals surface area contributed by atoms with E-state index in [-0.39, 0.29) is 6.61 Å². The zero-order valence-electron chi connectivity index (χ0n) is 11.5. The normalized spacial score (nSPS) is 12.9. The summed E-state index contributed by atoms with van der Waals surface area (Å²) in [5.74, 6) is 0.397. The molecule has 1 nitrogen and oxygen atoms in total. The molecule has 0 heterocycles. The van der Waals surface area contributed by atoms with Crippen LogP contribution in [0.5, 0.6) is 0 Å². The number of hydrogen-bond donors (Lipinski definition) is 0. The van der Waals surface area contributed by atoms with Gasteiger partial charge in [0.2, 0.25) is 0 Å². The highest BCUT2D eigenvalue weighted by atomic mass is 16.3. The van der Waals surface area contributed by atoms with Crippen LogP contribution in [0.25, 0.3) is 0 Å². The summed E-state index contributed by atoms with van der Waals surface area (Å²) in [5.41, 5.74) is 0. The van der Waals surface area contributed by atoms with E-state index < -0.39 is 0 Å². The van der Waals surface area contributed by atoms with E-state index in [0.717, 1.165) is 6.42 Å². The van der Waals surface area contributed by atoms with Gasteiger partial charge in [0.15, 0.2) is 0 Å². The predicted octanol–water partition coefficient (Wildman–Crippen LogP) is 5.36. The largest absolute Gasteiger partial charge is 0.236 e. The Balaban J connectivity index is 2.93. The Hall–Kier alpha value is -0.0400. The lowest BCUT2D eigenvalue weighted by molar-refractivity contribution is 0.145. The Kier molecular flexibility index (Phi) is 13.0.